The molecule has 0 spiro atoms. The second-order valence-electron chi connectivity index (χ2n) is 4.96. The summed E-state index contributed by atoms with van der Waals surface area (Å²) in [5, 5.41) is 11.7. The first-order valence-electron chi connectivity index (χ1n) is 6.52. The van der Waals surface area contributed by atoms with Crippen molar-refractivity contribution < 1.29 is 19.1 Å². The molecule has 2 amide bonds. The molecule has 1 aromatic rings. The fourth-order valence-electron chi connectivity index (χ4n) is 2.12. The summed E-state index contributed by atoms with van der Waals surface area (Å²) in [7, 11) is 0. The lowest BCUT2D eigenvalue weighted by Crippen LogP contribution is -2.45. The highest BCUT2D eigenvalue weighted by Gasteiger charge is 2.26. The van der Waals surface area contributed by atoms with E-state index in [-0.39, 0.29) is 5.69 Å². The number of carbonyl (C=O) groups excluding carboxylic acids is 2. The van der Waals surface area contributed by atoms with Crippen LogP contribution in [-0.2, 0) is 9.59 Å². The number of nitrogens with one attached hydrogen (secondary N) is 1. The Morgan fingerprint density at radius 3 is 2.65 bits per heavy atom. The fraction of sp³-hybridized carbons (Fsp3) is 0.429. The van der Waals surface area contributed by atoms with Crippen molar-refractivity contribution in [1.82, 2.24) is 4.90 Å². The van der Waals surface area contributed by atoms with Crippen molar-refractivity contribution in [3.63, 3.8) is 0 Å². The zero-order valence-corrected chi connectivity index (χ0v) is 11.2. The molecule has 0 aliphatic carbocycles. The van der Waals surface area contributed by atoms with E-state index in [1.54, 1.807) is 13.0 Å². The Balaban J connectivity index is 2.01. The van der Waals surface area contributed by atoms with E-state index >= 15 is 0 Å². The van der Waals surface area contributed by atoms with Gasteiger partial charge in [0, 0.05) is 13.1 Å². The average molecular weight is 280 g/mol. The Labute approximate surface area is 116 Å². The van der Waals surface area contributed by atoms with Crippen LogP contribution in [0, 0.1) is 12.7 Å². The number of aliphatic hydroxyl groups is 1. The molecule has 1 heterocycles. The quantitative estimate of drug-likeness (QED) is 0.756. The summed E-state index contributed by atoms with van der Waals surface area (Å²) in [6.45, 7) is 2.44. The molecule has 2 N–H and O–H groups in total. The van der Waals surface area contributed by atoms with E-state index < -0.39 is 23.7 Å². The molecule has 0 atom stereocenters. The zero-order chi connectivity index (χ0) is 14.7. The molecule has 1 aliphatic heterocycles. The number of anilines is 1. The summed E-state index contributed by atoms with van der Waals surface area (Å²) in [4.78, 5) is 25.1. The van der Waals surface area contributed by atoms with Gasteiger partial charge in [0.15, 0.2) is 0 Å². The van der Waals surface area contributed by atoms with Crippen LogP contribution in [-0.4, -0.2) is 41.0 Å². The third-order valence-corrected chi connectivity index (χ3v) is 3.32. The van der Waals surface area contributed by atoms with Crippen LogP contribution in [0.5, 0.6) is 0 Å². The van der Waals surface area contributed by atoms with Crippen LogP contribution < -0.4 is 5.32 Å². The molecule has 1 aromatic carbocycles. The molecule has 2 rings (SSSR count). The van der Waals surface area contributed by atoms with E-state index in [1.807, 2.05) is 0 Å². The van der Waals surface area contributed by atoms with Gasteiger partial charge in [0.1, 0.15) is 5.82 Å². The second kappa shape index (κ2) is 6.00. The Bertz CT molecular complexity index is 525. The van der Waals surface area contributed by atoms with Gasteiger partial charge in [-0.05, 0) is 37.5 Å². The molecular formula is C14H17FN2O3. The summed E-state index contributed by atoms with van der Waals surface area (Å²) in [5.41, 5.74) is 0.788. The van der Waals surface area contributed by atoms with E-state index in [4.69, 9.17) is 0 Å². The topological polar surface area (TPSA) is 69.6 Å². The Morgan fingerprint density at radius 1 is 1.35 bits per heavy atom. The molecule has 1 aliphatic rings. The van der Waals surface area contributed by atoms with E-state index in [1.165, 1.54) is 17.0 Å². The van der Waals surface area contributed by atoms with Gasteiger partial charge in [-0.25, -0.2) is 4.39 Å². The molecule has 0 bridgehead atoms. The van der Waals surface area contributed by atoms with Crippen molar-refractivity contribution >= 4 is 17.5 Å². The molecule has 108 valence electrons. The number of hydrogen-bond acceptors (Lipinski definition) is 3. The van der Waals surface area contributed by atoms with Crippen LogP contribution in [0.25, 0.3) is 0 Å². The number of nitrogens with zero attached hydrogens (tertiary/aromatic N) is 1. The first-order valence-corrected chi connectivity index (χ1v) is 6.52. The van der Waals surface area contributed by atoms with E-state index in [0.29, 0.717) is 25.9 Å². The highest BCUT2D eigenvalue weighted by molar-refractivity contribution is 6.39. The number of rotatable bonds is 1. The molecule has 1 saturated heterocycles. The van der Waals surface area contributed by atoms with E-state index in [0.717, 1.165) is 5.56 Å². The number of aryl methyl sites for hydroxylation is 1. The van der Waals surface area contributed by atoms with Gasteiger partial charge in [-0.3, -0.25) is 9.59 Å². The standard InChI is InChI=1S/C14H17FN2O3/c1-9-2-3-11(15)12(8-9)16-13(19)14(20)17-6-4-10(18)5-7-17/h2-3,8,10,18H,4-7H2,1H3,(H,16,19). The van der Waals surface area contributed by atoms with Gasteiger partial charge < -0.3 is 15.3 Å². The van der Waals surface area contributed by atoms with Gasteiger partial charge in [0.25, 0.3) is 0 Å². The number of carbonyl (C=O) groups is 2. The number of halogens is 1. The number of aliphatic hydroxyl groups excluding tert-OH is 1. The first kappa shape index (κ1) is 14.5. The lowest BCUT2D eigenvalue weighted by Gasteiger charge is -2.28. The van der Waals surface area contributed by atoms with Crippen LogP contribution in [0.15, 0.2) is 18.2 Å². The van der Waals surface area contributed by atoms with Crippen molar-refractivity contribution in [3.8, 4) is 0 Å². The Kier molecular flexibility index (Phi) is 4.34. The van der Waals surface area contributed by atoms with Crippen LogP contribution in [0.1, 0.15) is 18.4 Å². The summed E-state index contributed by atoms with van der Waals surface area (Å²) in [6, 6.07) is 4.30. The summed E-state index contributed by atoms with van der Waals surface area (Å²) < 4.78 is 13.5. The normalized spacial score (nSPS) is 16.1. The number of amides is 2. The van der Waals surface area contributed by atoms with Crippen LogP contribution >= 0.6 is 0 Å². The molecule has 0 unspecified atom stereocenters. The van der Waals surface area contributed by atoms with Crippen molar-refractivity contribution in [1.29, 1.82) is 0 Å². The maximum atomic E-state index is 13.5. The van der Waals surface area contributed by atoms with Crippen LogP contribution in [0.4, 0.5) is 10.1 Å². The van der Waals surface area contributed by atoms with E-state index in [2.05, 4.69) is 5.32 Å². The SMILES string of the molecule is Cc1ccc(F)c(NC(=O)C(=O)N2CCC(O)CC2)c1. The number of hydrogen-bond donors (Lipinski definition) is 2. The Hall–Kier alpha value is -1.95. The minimum Gasteiger partial charge on any atom is -0.393 e. The zero-order valence-electron chi connectivity index (χ0n) is 11.2. The van der Waals surface area contributed by atoms with Gasteiger partial charge >= 0.3 is 11.8 Å². The molecule has 1 fully saturated rings. The molecule has 20 heavy (non-hydrogen) atoms. The van der Waals surface area contributed by atoms with E-state index in [9.17, 15) is 19.1 Å². The second-order valence-corrected chi connectivity index (χ2v) is 4.96. The van der Waals surface area contributed by atoms with Gasteiger partial charge in [0.05, 0.1) is 11.8 Å². The van der Waals surface area contributed by atoms with Crippen molar-refractivity contribution in [2.45, 2.75) is 25.9 Å². The first-order chi connectivity index (χ1) is 9.47. The lowest BCUT2D eigenvalue weighted by atomic mass is 10.1. The summed E-state index contributed by atoms with van der Waals surface area (Å²) in [6.07, 6.45) is 0.492. The molecule has 0 radical (unpaired) electrons. The smallest absolute Gasteiger partial charge is 0.313 e. The molecular weight excluding hydrogens is 263 g/mol. The summed E-state index contributed by atoms with van der Waals surface area (Å²) in [5.74, 6) is -2.13. The van der Waals surface area contributed by atoms with Crippen molar-refractivity contribution in [2.24, 2.45) is 0 Å². The minimum absolute atomic E-state index is 0.000365. The van der Waals surface area contributed by atoms with Gasteiger partial charge in [-0.15, -0.1) is 0 Å². The highest BCUT2D eigenvalue weighted by Crippen LogP contribution is 2.16. The predicted molar refractivity (Wildman–Crippen MR) is 71.6 cm³/mol. The molecule has 0 aromatic heterocycles. The van der Waals surface area contributed by atoms with Gasteiger partial charge in [-0.1, -0.05) is 6.07 Å². The maximum Gasteiger partial charge on any atom is 0.313 e. The third-order valence-electron chi connectivity index (χ3n) is 3.32. The largest absolute Gasteiger partial charge is 0.393 e. The Morgan fingerprint density at radius 2 is 2.00 bits per heavy atom. The third kappa shape index (κ3) is 3.33. The molecule has 6 heteroatoms. The van der Waals surface area contributed by atoms with Crippen molar-refractivity contribution in [2.75, 3.05) is 18.4 Å². The van der Waals surface area contributed by atoms with Gasteiger partial charge in [0.2, 0.25) is 0 Å². The maximum absolute atomic E-state index is 13.5. The minimum atomic E-state index is -0.856. The number of benzene rings is 1. The number of piperidine rings is 1. The molecule has 0 saturated carbocycles. The molecule has 5 nitrogen and oxygen atoms in total. The lowest BCUT2D eigenvalue weighted by molar-refractivity contribution is -0.144. The predicted octanol–water partition coefficient (Wildman–Crippen LogP) is 1.06. The van der Waals surface area contributed by atoms with Gasteiger partial charge in [-0.2, -0.15) is 0 Å². The highest BCUT2D eigenvalue weighted by atomic mass is 19.1. The fourth-order valence-corrected chi connectivity index (χ4v) is 2.12. The summed E-state index contributed by atoms with van der Waals surface area (Å²) >= 11 is 0. The number of likely N-dealkylation sites (tertiary alicyclic amines) is 1. The monoisotopic (exact) mass is 280 g/mol. The van der Waals surface area contributed by atoms with Crippen LogP contribution in [0.3, 0.4) is 0 Å². The average Bonchev–Trinajstić information content (AvgIpc) is 2.43. The van der Waals surface area contributed by atoms with Crippen molar-refractivity contribution in [3.05, 3.63) is 29.6 Å². The van der Waals surface area contributed by atoms with Crippen LogP contribution in [0.2, 0.25) is 0 Å².